The van der Waals surface area contributed by atoms with Crippen molar-refractivity contribution in [2.75, 3.05) is 36.0 Å². The van der Waals surface area contributed by atoms with Crippen molar-refractivity contribution in [2.24, 2.45) is 0 Å². The van der Waals surface area contributed by atoms with Gasteiger partial charge >= 0.3 is 0 Å². The predicted molar refractivity (Wildman–Crippen MR) is 92.3 cm³/mol. The van der Waals surface area contributed by atoms with E-state index in [-0.39, 0.29) is 5.56 Å². The number of aromatic amines is 1. The van der Waals surface area contributed by atoms with Crippen LogP contribution < -0.4 is 15.4 Å². The molecule has 23 heavy (non-hydrogen) atoms. The van der Waals surface area contributed by atoms with E-state index in [0.717, 1.165) is 62.0 Å². The Balaban J connectivity index is 1.71. The molecule has 6 nitrogen and oxygen atoms in total. The molecule has 2 aromatic heterocycles. The van der Waals surface area contributed by atoms with Crippen molar-refractivity contribution in [1.29, 1.82) is 0 Å². The first-order chi connectivity index (χ1) is 11.2. The Morgan fingerprint density at radius 1 is 1.04 bits per heavy atom. The highest BCUT2D eigenvalue weighted by molar-refractivity contribution is 5.48. The van der Waals surface area contributed by atoms with Crippen LogP contribution >= 0.6 is 0 Å². The van der Waals surface area contributed by atoms with E-state index in [1.54, 1.807) is 12.3 Å². The highest BCUT2D eigenvalue weighted by Crippen LogP contribution is 2.19. The molecule has 3 rings (SSSR count). The molecule has 1 N–H and O–H groups in total. The third-order valence-electron chi connectivity index (χ3n) is 4.23. The molecule has 0 spiro atoms. The molecular weight excluding hydrogens is 290 g/mol. The first-order valence-electron chi connectivity index (χ1n) is 8.25. The summed E-state index contributed by atoms with van der Waals surface area (Å²) < 4.78 is 0. The van der Waals surface area contributed by atoms with Crippen molar-refractivity contribution in [2.45, 2.75) is 26.7 Å². The number of pyridine rings is 1. The minimum atomic E-state index is -0.0624. The Bertz CT molecular complexity index is 676. The number of nitrogens with zero attached hydrogens (tertiary/aromatic N) is 4. The van der Waals surface area contributed by atoms with E-state index in [2.05, 4.69) is 44.7 Å². The Labute approximate surface area is 136 Å². The second-order valence-electron chi connectivity index (χ2n) is 5.73. The maximum Gasteiger partial charge on any atom is 0.248 e. The summed E-state index contributed by atoms with van der Waals surface area (Å²) in [5.74, 6) is 1.96. The van der Waals surface area contributed by atoms with E-state index < -0.39 is 0 Å². The van der Waals surface area contributed by atoms with Crippen LogP contribution in [0.25, 0.3) is 0 Å². The molecule has 6 heteroatoms. The minimum Gasteiger partial charge on any atom is -0.367 e. The van der Waals surface area contributed by atoms with Gasteiger partial charge in [0.25, 0.3) is 0 Å². The average molecular weight is 313 g/mol. The molecule has 3 heterocycles. The number of anilines is 2. The van der Waals surface area contributed by atoms with Gasteiger partial charge in [-0.2, -0.15) is 0 Å². The van der Waals surface area contributed by atoms with Crippen LogP contribution in [-0.4, -0.2) is 41.1 Å². The minimum absolute atomic E-state index is 0.0624. The molecule has 122 valence electrons. The van der Waals surface area contributed by atoms with Gasteiger partial charge in [0, 0.05) is 56.6 Å². The molecule has 0 bridgehead atoms. The smallest absolute Gasteiger partial charge is 0.248 e. The van der Waals surface area contributed by atoms with Crippen molar-refractivity contribution in [3.05, 3.63) is 46.3 Å². The van der Waals surface area contributed by atoms with Gasteiger partial charge in [-0.3, -0.25) is 4.79 Å². The average Bonchev–Trinajstić information content (AvgIpc) is 2.62. The molecule has 0 saturated carbocycles. The van der Waals surface area contributed by atoms with Crippen LogP contribution in [-0.2, 0) is 12.8 Å². The lowest BCUT2D eigenvalue weighted by atomic mass is 10.2. The fourth-order valence-electron chi connectivity index (χ4n) is 2.83. The van der Waals surface area contributed by atoms with Crippen LogP contribution in [0.5, 0.6) is 0 Å². The summed E-state index contributed by atoms with van der Waals surface area (Å²) in [5.41, 5.74) is 2.11. The van der Waals surface area contributed by atoms with Gasteiger partial charge in [-0.15, -0.1) is 0 Å². The van der Waals surface area contributed by atoms with Gasteiger partial charge in [0.1, 0.15) is 11.6 Å². The van der Waals surface area contributed by atoms with Crippen LogP contribution in [0.2, 0.25) is 0 Å². The SMILES string of the molecule is CCc1cc(N2CCN(c3ccc(=O)[nH]c3)CC2)nc(CC)n1. The number of aromatic nitrogens is 3. The fraction of sp³-hybridized carbons (Fsp3) is 0.471. The van der Waals surface area contributed by atoms with Crippen molar-refractivity contribution >= 4 is 11.5 Å². The molecule has 1 saturated heterocycles. The second kappa shape index (κ2) is 6.81. The first-order valence-corrected chi connectivity index (χ1v) is 8.25. The lowest BCUT2D eigenvalue weighted by Gasteiger charge is -2.36. The quantitative estimate of drug-likeness (QED) is 0.929. The predicted octanol–water partition coefficient (Wildman–Crippen LogP) is 1.62. The molecule has 1 aliphatic rings. The summed E-state index contributed by atoms with van der Waals surface area (Å²) in [6.45, 7) is 7.88. The first kappa shape index (κ1) is 15.5. The van der Waals surface area contributed by atoms with Crippen molar-refractivity contribution in [1.82, 2.24) is 15.0 Å². The molecule has 0 atom stereocenters. The third kappa shape index (κ3) is 3.52. The zero-order valence-electron chi connectivity index (χ0n) is 13.7. The maximum absolute atomic E-state index is 11.2. The Morgan fingerprint density at radius 3 is 2.39 bits per heavy atom. The fourth-order valence-corrected chi connectivity index (χ4v) is 2.83. The normalized spacial score (nSPS) is 15.0. The van der Waals surface area contributed by atoms with Crippen LogP contribution in [0.3, 0.4) is 0 Å². The summed E-state index contributed by atoms with van der Waals surface area (Å²) in [5, 5.41) is 0. The second-order valence-corrected chi connectivity index (χ2v) is 5.73. The van der Waals surface area contributed by atoms with Crippen LogP contribution in [0.4, 0.5) is 11.5 Å². The molecule has 1 aliphatic heterocycles. The third-order valence-corrected chi connectivity index (χ3v) is 4.23. The van der Waals surface area contributed by atoms with E-state index in [9.17, 15) is 4.79 Å². The molecule has 0 radical (unpaired) electrons. The monoisotopic (exact) mass is 313 g/mol. The highest BCUT2D eigenvalue weighted by atomic mass is 16.1. The van der Waals surface area contributed by atoms with Gasteiger partial charge < -0.3 is 14.8 Å². The van der Waals surface area contributed by atoms with Gasteiger partial charge in [0.2, 0.25) is 5.56 Å². The topological polar surface area (TPSA) is 65.1 Å². The summed E-state index contributed by atoms with van der Waals surface area (Å²) in [6.07, 6.45) is 3.57. The standard InChI is InChI=1S/C17H23N5O/c1-3-13-11-16(20-15(4-2)19-13)22-9-7-21(8-10-22)14-5-6-17(23)18-12-14/h5-6,11-12H,3-4,7-10H2,1-2H3,(H,18,23). The van der Waals surface area contributed by atoms with Crippen molar-refractivity contribution in [3.8, 4) is 0 Å². The maximum atomic E-state index is 11.2. The van der Waals surface area contributed by atoms with Gasteiger partial charge in [-0.25, -0.2) is 9.97 Å². The van der Waals surface area contributed by atoms with Crippen LogP contribution in [0.1, 0.15) is 25.4 Å². The molecule has 0 unspecified atom stereocenters. The summed E-state index contributed by atoms with van der Waals surface area (Å²) >= 11 is 0. The Morgan fingerprint density at radius 2 is 1.78 bits per heavy atom. The molecule has 0 amide bonds. The number of aryl methyl sites for hydroxylation is 2. The van der Waals surface area contributed by atoms with Gasteiger partial charge in [-0.1, -0.05) is 13.8 Å². The van der Waals surface area contributed by atoms with Gasteiger partial charge in [-0.05, 0) is 12.5 Å². The highest BCUT2D eigenvalue weighted by Gasteiger charge is 2.19. The lowest BCUT2D eigenvalue weighted by molar-refractivity contribution is 0.643. The number of H-pyrrole nitrogens is 1. The van der Waals surface area contributed by atoms with Crippen LogP contribution in [0, 0.1) is 0 Å². The summed E-state index contributed by atoms with van der Waals surface area (Å²) in [6, 6.07) is 5.56. The number of hydrogen-bond donors (Lipinski definition) is 1. The van der Waals surface area contributed by atoms with Gasteiger partial charge in [0.05, 0.1) is 5.69 Å². The number of rotatable bonds is 4. The van der Waals surface area contributed by atoms with Crippen molar-refractivity contribution in [3.63, 3.8) is 0 Å². The van der Waals surface area contributed by atoms with Crippen molar-refractivity contribution < 1.29 is 0 Å². The van der Waals surface area contributed by atoms with Gasteiger partial charge in [0.15, 0.2) is 0 Å². The number of piperazine rings is 1. The van der Waals surface area contributed by atoms with E-state index in [4.69, 9.17) is 0 Å². The number of nitrogens with one attached hydrogen (secondary N) is 1. The molecule has 0 aromatic carbocycles. The molecule has 1 fully saturated rings. The molecule has 2 aromatic rings. The van der Waals surface area contributed by atoms with Crippen LogP contribution in [0.15, 0.2) is 29.2 Å². The Kier molecular flexibility index (Phi) is 4.60. The zero-order valence-corrected chi connectivity index (χ0v) is 13.7. The lowest BCUT2D eigenvalue weighted by Crippen LogP contribution is -2.47. The van der Waals surface area contributed by atoms with E-state index in [1.165, 1.54) is 0 Å². The summed E-state index contributed by atoms with van der Waals surface area (Å²) in [7, 11) is 0. The zero-order chi connectivity index (χ0) is 16.2. The van der Waals surface area contributed by atoms with E-state index in [1.807, 2.05) is 6.07 Å². The molecule has 0 aliphatic carbocycles. The number of hydrogen-bond acceptors (Lipinski definition) is 5. The largest absolute Gasteiger partial charge is 0.367 e. The summed E-state index contributed by atoms with van der Waals surface area (Å²) in [4.78, 5) is 27.7. The Hall–Kier alpha value is -2.37. The van der Waals surface area contributed by atoms with E-state index >= 15 is 0 Å². The van der Waals surface area contributed by atoms with E-state index in [0.29, 0.717) is 0 Å². The molecular formula is C17H23N5O.